The van der Waals surface area contributed by atoms with Crippen molar-refractivity contribution in [3.63, 3.8) is 0 Å². The van der Waals surface area contributed by atoms with Crippen LogP contribution in [0.4, 0.5) is 4.39 Å². The molecule has 0 aromatic heterocycles. The Bertz CT molecular complexity index is 460. The second-order valence-corrected chi connectivity index (χ2v) is 5.07. The number of rotatable bonds is 9. The number of benzene rings is 1. The third-order valence-corrected chi connectivity index (χ3v) is 3.30. The van der Waals surface area contributed by atoms with Crippen LogP contribution in [-0.4, -0.2) is 24.3 Å². The van der Waals surface area contributed by atoms with Crippen molar-refractivity contribution in [2.45, 2.75) is 45.1 Å². The summed E-state index contributed by atoms with van der Waals surface area (Å²) in [7, 11) is 0. The van der Waals surface area contributed by atoms with Crippen LogP contribution < -0.4 is 11.1 Å². The Hall–Kier alpha value is -1.75. The molecule has 1 aromatic rings. The lowest BCUT2D eigenvalue weighted by molar-refractivity contribution is -0.121. The van der Waals surface area contributed by atoms with Gasteiger partial charge in [0.15, 0.2) is 5.78 Å². The van der Waals surface area contributed by atoms with E-state index < -0.39 is 0 Å². The highest BCUT2D eigenvalue weighted by molar-refractivity contribution is 5.97. The molecule has 1 aromatic carbocycles. The molecule has 1 amide bonds. The molecule has 5 heteroatoms. The fourth-order valence-corrected chi connectivity index (χ4v) is 2.01. The molecule has 4 nitrogen and oxygen atoms in total. The van der Waals surface area contributed by atoms with Crippen molar-refractivity contribution >= 4 is 11.7 Å². The minimum absolute atomic E-state index is 0.0293. The van der Waals surface area contributed by atoms with Gasteiger partial charge in [0.05, 0.1) is 0 Å². The SMILES string of the molecule is CCCCC(CN)NC(=O)CCC(=O)c1ccc(F)cc1. The van der Waals surface area contributed by atoms with Gasteiger partial charge in [0, 0.05) is 31.0 Å². The van der Waals surface area contributed by atoms with Crippen LogP contribution in [0.15, 0.2) is 24.3 Å². The zero-order chi connectivity index (χ0) is 15.7. The largest absolute Gasteiger partial charge is 0.352 e. The smallest absolute Gasteiger partial charge is 0.220 e. The summed E-state index contributed by atoms with van der Waals surface area (Å²) in [6.45, 7) is 2.48. The van der Waals surface area contributed by atoms with E-state index in [9.17, 15) is 14.0 Å². The first-order chi connectivity index (χ1) is 10.1. The average Bonchev–Trinajstić information content (AvgIpc) is 2.49. The number of halogens is 1. The van der Waals surface area contributed by atoms with Gasteiger partial charge >= 0.3 is 0 Å². The molecule has 0 saturated heterocycles. The quantitative estimate of drug-likeness (QED) is 0.687. The Morgan fingerprint density at radius 2 is 1.90 bits per heavy atom. The van der Waals surface area contributed by atoms with Gasteiger partial charge in [-0.25, -0.2) is 4.39 Å². The molecule has 0 aliphatic rings. The minimum atomic E-state index is -0.383. The van der Waals surface area contributed by atoms with Crippen LogP contribution in [0, 0.1) is 5.82 Å². The Morgan fingerprint density at radius 3 is 2.48 bits per heavy atom. The lowest BCUT2D eigenvalue weighted by Gasteiger charge is -2.16. The lowest BCUT2D eigenvalue weighted by Crippen LogP contribution is -2.40. The van der Waals surface area contributed by atoms with Crippen molar-refractivity contribution in [2.75, 3.05) is 6.54 Å². The van der Waals surface area contributed by atoms with E-state index in [1.807, 2.05) is 0 Å². The maximum Gasteiger partial charge on any atom is 0.220 e. The molecule has 116 valence electrons. The maximum atomic E-state index is 12.8. The predicted molar refractivity (Wildman–Crippen MR) is 80.5 cm³/mol. The van der Waals surface area contributed by atoms with Gasteiger partial charge in [-0.05, 0) is 30.7 Å². The Labute approximate surface area is 124 Å². The van der Waals surface area contributed by atoms with Crippen molar-refractivity contribution in [3.05, 3.63) is 35.6 Å². The first kappa shape index (κ1) is 17.3. The number of hydrogen-bond acceptors (Lipinski definition) is 3. The number of Topliss-reactive ketones (excluding diaryl/α,β-unsaturated/α-hetero) is 1. The Balaban J connectivity index is 2.38. The van der Waals surface area contributed by atoms with Crippen LogP contribution in [0.3, 0.4) is 0 Å². The predicted octanol–water partition coefficient (Wildman–Crippen LogP) is 2.42. The molecule has 0 heterocycles. The minimum Gasteiger partial charge on any atom is -0.352 e. The summed E-state index contributed by atoms with van der Waals surface area (Å²) in [5, 5.41) is 2.84. The highest BCUT2D eigenvalue weighted by Crippen LogP contribution is 2.08. The average molecular weight is 294 g/mol. The van der Waals surface area contributed by atoms with Gasteiger partial charge in [-0.15, -0.1) is 0 Å². The van der Waals surface area contributed by atoms with Crippen molar-refractivity contribution in [1.82, 2.24) is 5.32 Å². The van der Waals surface area contributed by atoms with E-state index in [-0.39, 0.29) is 36.4 Å². The van der Waals surface area contributed by atoms with Gasteiger partial charge in [0.1, 0.15) is 5.82 Å². The molecule has 0 bridgehead atoms. The highest BCUT2D eigenvalue weighted by Gasteiger charge is 2.13. The van der Waals surface area contributed by atoms with Crippen LogP contribution >= 0.6 is 0 Å². The molecule has 1 rings (SSSR count). The van der Waals surface area contributed by atoms with Crippen molar-refractivity contribution in [2.24, 2.45) is 5.73 Å². The number of hydrogen-bond donors (Lipinski definition) is 2. The van der Waals surface area contributed by atoms with Gasteiger partial charge in [0.25, 0.3) is 0 Å². The monoisotopic (exact) mass is 294 g/mol. The number of amides is 1. The van der Waals surface area contributed by atoms with E-state index in [1.54, 1.807) is 0 Å². The molecule has 0 spiro atoms. The fraction of sp³-hybridized carbons (Fsp3) is 0.500. The summed E-state index contributed by atoms with van der Waals surface area (Å²) in [5.74, 6) is -0.717. The Morgan fingerprint density at radius 1 is 1.24 bits per heavy atom. The number of nitrogens with one attached hydrogen (secondary N) is 1. The van der Waals surface area contributed by atoms with E-state index in [0.29, 0.717) is 12.1 Å². The van der Waals surface area contributed by atoms with Crippen LogP contribution in [0.5, 0.6) is 0 Å². The Kier molecular flexibility index (Phi) is 7.61. The number of nitrogens with two attached hydrogens (primary N) is 1. The van der Waals surface area contributed by atoms with Gasteiger partial charge in [-0.1, -0.05) is 19.8 Å². The normalized spacial score (nSPS) is 12.0. The summed E-state index contributed by atoms with van der Waals surface area (Å²) in [6.07, 6.45) is 3.15. The molecule has 3 N–H and O–H groups in total. The van der Waals surface area contributed by atoms with Crippen molar-refractivity contribution in [3.8, 4) is 0 Å². The van der Waals surface area contributed by atoms with E-state index in [1.165, 1.54) is 24.3 Å². The van der Waals surface area contributed by atoms with Crippen molar-refractivity contribution < 1.29 is 14.0 Å². The molecule has 1 unspecified atom stereocenters. The summed E-state index contributed by atoms with van der Waals surface area (Å²) < 4.78 is 12.8. The van der Waals surface area contributed by atoms with Crippen LogP contribution in [0.25, 0.3) is 0 Å². The molecule has 21 heavy (non-hydrogen) atoms. The number of ketones is 1. The third-order valence-electron chi connectivity index (χ3n) is 3.30. The molecular weight excluding hydrogens is 271 g/mol. The molecule has 0 fully saturated rings. The molecule has 0 radical (unpaired) electrons. The van der Waals surface area contributed by atoms with Gasteiger partial charge in [0.2, 0.25) is 5.91 Å². The highest BCUT2D eigenvalue weighted by atomic mass is 19.1. The second kappa shape index (κ2) is 9.23. The van der Waals surface area contributed by atoms with Crippen LogP contribution in [-0.2, 0) is 4.79 Å². The number of carbonyl (C=O) groups is 2. The van der Waals surface area contributed by atoms with E-state index >= 15 is 0 Å². The van der Waals surface area contributed by atoms with E-state index in [0.717, 1.165) is 19.3 Å². The molecular formula is C16H23FN2O2. The standard InChI is InChI=1S/C16H23FN2O2/c1-2-3-4-14(11-18)19-16(21)10-9-15(20)12-5-7-13(17)8-6-12/h5-8,14H,2-4,9-11,18H2,1H3,(H,19,21). The first-order valence-corrected chi connectivity index (χ1v) is 7.35. The van der Waals surface area contributed by atoms with Gasteiger partial charge in [-0.3, -0.25) is 9.59 Å². The zero-order valence-corrected chi connectivity index (χ0v) is 12.4. The van der Waals surface area contributed by atoms with Gasteiger partial charge < -0.3 is 11.1 Å². The summed E-state index contributed by atoms with van der Waals surface area (Å²) in [4.78, 5) is 23.6. The first-order valence-electron chi connectivity index (χ1n) is 7.35. The second-order valence-electron chi connectivity index (χ2n) is 5.07. The third kappa shape index (κ3) is 6.49. The molecule has 0 aliphatic carbocycles. The molecule has 1 atom stereocenters. The maximum absolute atomic E-state index is 12.8. The molecule has 0 saturated carbocycles. The van der Waals surface area contributed by atoms with Crippen molar-refractivity contribution in [1.29, 1.82) is 0 Å². The van der Waals surface area contributed by atoms with E-state index in [4.69, 9.17) is 5.73 Å². The van der Waals surface area contributed by atoms with Crippen LogP contribution in [0.2, 0.25) is 0 Å². The fourth-order valence-electron chi connectivity index (χ4n) is 2.01. The zero-order valence-electron chi connectivity index (χ0n) is 12.4. The summed E-state index contributed by atoms with van der Waals surface area (Å²) in [5.41, 5.74) is 6.03. The number of carbonyl (C=O) groups excluding carboxylic acids is 2. The summed E-state index contributed by atoms with van der Waals surface area (Å²) in [6, 6.07) is 5.31. The summed E-state index contributed by atoms with van der Waals surface area (Å²) >= 11 is 0. The van der Waals surface area contributed by atoms with Crippen LogP contribution in [0.1, 0.15) is 49.4 Å². The van der Waals surface area contributed by atoms with Gasteiger partial charge in [-0.2, -0.15) is 0 Å². The topological polar surface area (TPSA) is 72.2 Å². The number of unbranched alkanes of at least 4 members (excludes halogenated alkanes) is 1. The molecule has 0 aliphatic heterocycles. The lowest BCUT2D eigenvalue weighted by atomic mass is 10.1. The van der Waals surface area contributed by atoms with E-state index in [2.05, 4.69) is 12.2 Å².